The molecule has 3 rings (SSSR count). The van der Waals surface area contributed by atoms with Crippen molar-refractivity contribution in [3.8, 4) is 5.75 Å². The van der Waals surface area contributed by atoms with Gasteiger partial charge in [0.05, 0.1) is 5.92 Å². The molecule has 0 radical (unpaired) electrons. The van der Waals surface area contributed by atoms with Gasteiger partial charge in [0.1, 0.15) is 5.75 Å². The first kappa shape index (κ1) is 13.9. The quantitative estimate of drug-likeness (QED) is 0.680. The lowest BCUT2D eigenvalue weighted by Crippen LogP contribution is -2.27. The summed E-state index contributed by atoms with van der Waals surface area (Å²) in [6.07, 6.45) is 3.35. The lowest BCUT2D eigenvalue weighted by atomic mass is 10.0. The van der Waals surface area contributed by atoms with Gasteiger partial charge in [0, 0.05) is 30.3 Å². The number of H-pyrrole nitrogens is 1. The van der Waals surface area contributed by atoms with Crippen LogP contribution in [-0.2, 0) is 9.53 Å². The number of aromatic amines is 1. The van der Waals surface area contributed by atoms with E-state index >= 15 is 0 Å². The van der Waals surface area contributed by atoms with Crippen LogP contribution in [0.15, 0.2) is 30.5 Å². The Morgan fingerprint density at radius 3 is 2.84 bits per heavy atom. The highest BCUT2D eigenvalue weighted by molar-refractivity contribution is 5.88. The van der Waals surface area contributed by atoms with Crippen LogP contribution >= 0.6 is 12.4 Å². The van der Waals surface area contributed by atoms with Crippen LogP contribution in [0.5, 0.6) is 5.75 Å². The van der Waals surface area contributed by atoms with Crippen LogP contribution in [0.3, 0.4) is 0 Å². The molecule has 0 saturated carbocycles. The summed E-state index contributed by atoms with van der Waals surface area (Å²) >= 11 is 0. The molecule has 0 atom stereocenters. The summed E-state index contributed by atoms with van der Waals surface area (Å²) in [4.78, 5) is 15.1. The van der Waals surface area contributed by atoms with Crippen molar-refractivity contribution in [2.45, 2.75) is 12.8 Å². The summed E-state index contributed by atoms with van der Waals surface area (Å²) in [6.45, 7) is 1.29. The van der Waals surface area contributed by atoms with E-state index in [-0.39, 0.29) is 24.3 Å². The Morgan fingerprint density at radius 1 is 1.26 bits per heavy atom. The molecule has 1 aliphatic heterocycles. The van der Waals surface area contributed by atoms with E-state index in [2.05, 4.69) is 4.98 Å². The highest BCUT2D eigenvalue weighted by Crippen LogP contribution is 2.26. The summed E-state index contributed by atoms with van der Waals surface area (Å²) in [5, 5.41) is 0.943. The van der Waals surface area contributed by atoms with E-state index in [1.165, 1.54) is 0 Å². The number of hydrogen-bond acceptors (Lipinski definition) is 3. The second-order valence-corrected chi connectivity index (χ2v) is 4.50. The Labute approximate surface area is 117 Å². The first-order chi connectivity index (χ1) is 8.84. The smallest absolute Gasteiger partial charge is 0.314 e. The van der Waals surface area contributed by atoms with Crippen LogP contribution in [0, 0.1) is 5.92 Å². The molecule has 2 heterocycles. The second kappa shape index (κ2) is 6.08. The van der Waals surface area contributed by atoms with Gasteiger partial charge in [0.2, 0.25) is 0 Å². The number of esters is 1. The molecular formula is C14H16ClNO3. The Balaban J connectivity index is 0.00000133. The fraction of sp³-hybridized carbons (Fsp3) is 0.357. The number of benzene rings is 1. The van der Waals surface area contributed by atoms with Gasteiger partial charge in [-0.05, 0) is 31.0 Å². The van der Waals surface area contributed by atoms with E-state index in [1.54, 1.807) is 0 Å². The summed E-state index contributed by atoms with van der Waals surface area (Å²) in [5.74, 6) is 0.449. The molecule has 1 aromatic carbocycles. The van der Waals surface area contributed by atoms with Crippen molar-refractivity contribution in [2.75, 3.05) is 13.2 Å². The van der Waals surface area contributed by atoms with Gasteiger partial charge < -0.3 is 14.5 Å². The molecule has 0 aliphatic carbocycles. The average Bonchev–Trinajstić information content (AvgIpc) is 2.89. The fourth-order valence-electron chi connectivity index (χ4n) is 2.27. The van der Waals surface area contributed by atoms with Gasteiger partial charge in [0.25, 0.3) is 0 Å². The zero-order valence-electron chi connectivity index (χ0n) is 10.4. The molecule has 1 saturated heterocycles. The molecule has 19 heavy (non-hydrogen) atoms. The summed E-state index contributed by atoms with van der Waals surface area (Å²) < 4.78 is 10.8. The Hall–Kier alpha value is -1.52. The van der Waals surface area contributed by atoms with Gasteiger partial charge in [-0.2, -0.15) is 0 Å². The van der Waals surface area contributed by atoms with Gasteiger partial charge in [-0.3, -0.25) is 4.79 Å². The van der Waals surface area contributed by atoms with Crippen LogP contribution in [0.25, 0.3) is 10.9 Å². The van der Waals surface area contributed by atoms with E-state index in [0.717, 1.165) is 23.7 Å². The van der Waals surface area contributed by atoms with E-state index < -0.39 is 0 Å². The van der Waals surface area contributed by atoms with Gasteiger partial charge in [-0.1, -0.05) is 6.07 Å². The van der Waals surface area contributed by atoms with Crippen molar-refractivity contribution >= 4 is 29.3 Å². The zero-order valence-corrected chi connectivity index (χ0v) is 11.2. The molecule has 1 aliphatic rings. The van der Waals surface area contributed by atoms with Gasteiger partial charge >= 0.3 is 5.97 Å². The van der Waals surface area contributed by atoms with Crippen molar-refractivity contribution in [1.82, 2.24) is 4.98 Å². The van der Waals surface area contributed by atoms with Crippen LogP contribution in [0.1, 0.15) is 12.8 Å². The Morgan fingerprint density at radius 2 is 2.05 bits per heavy atom. The van der Waals surface area contributed by atoms with Crippen LogP contribution in [0.2, 0.25) is 0 Å². The molecule has 0 spiro atoms. The van der Waals surface area contributed by atoms with Crippen molar-refractivity contribution in [3.63, 3.8) is 0 Å². The number of halogens is 1. The zero-order chi connectivity index (χ0) is 12.4. The number of carbonyl (C=O) groups excluding carboxylic acids is 1. The van der Waals surface area contributed by atoms with Crippen molar-refractivity contribution in [3.05, 3.63) is 30.5 Å². The molecule has 0 bridgehead atoms. The predicted octanol–water partition coefficient (Wildman–Crippen LogP) is 2.92. The summed E-state index contributed by atoms with van der Waals surface area (Å²) in [7, 11) is 0. The number of rotatable bonds is 2. The minimum absolute atomic E-state index is 0. The monoisotopic (exact) mass is 281 g/mol. The minimum Gasteiger partial charge on any atom is -0.426 e. The van der Waals surface area contributed by atoms with Crippen LogP contribution < -0.4 is 4.74 Å². The Kier molecular flexibility index (Phi) is 4.45. The first-order valence-corrected chi connectivity index (χ1v) is 6.20. The third-order valence-corrected chi connectivity index (χ3v) is 3.32. The van der Waals surface area contributed by atoms with Crippen molar-refractivity contribution in [1.29, 1.82) is 0 Å². The Bertz CT molecular complexity index is 561. The average molecular weight is 282 g/mol. The lowest BCUT2D eigenvalue weighted by molar-refractivity contribution is -0.141. The van der Waals surface area contributed by atoms with Crippen molar-refractivity contribution in [2.24, 2.45) is 5.92 Å². The highest BCUT2D eigenvalue weighted by atomic mass is 35.5. The normalized spacial score (nSPS) is 16.0. The maximum absolute atomic E-state index is 12.0. The highest BCUT2D eigenvalue weighted by Gasteiger charge is 2.23. The maximum atomic E-state index is 12.0. The number of carbonyl (C=O) groups is 1. The first-order valence-electron chi connectivity index (χ1n) is 6.20. The number of nitrogens with one attached hydrogen (secondary N) is 1. The molecular weight excluding hydrogens is 266 g/mol. The van der Waals surface area contributed by atoms with Gasteiger partial charge in [-0.25, -0.2) is 0 Å². The van der Waals surface area contributed by atoms with Crippen LogP contribution in [-0.4, -0.2) is 24.2 Å². The number of hydrogen-bond donors (Lipinski definition) is 1. The molecule has 4 nitrogen and oxygen atoms in total. The lowest BCUT2D eigenvalue weighted by Gasteiger charge is -2.20. The number of fused-ring (bicyclic) bond motifs is 1. The molecule has 1 N–H and O–H groups in total. The number of ether oxygens (including phenoxy) is 2. The third kappa shape index (κ3) is 2.91. The molecule has 102 valence electrons. The molecule has 0 amide bonds. The summed E-state index contributed by atoms with van der Waals surface area (Å²) in [6, 6.07) is 7.59. The standard InChI is InChI=1S/C14H15NO3.ClH/c16-14(10-5-8-17-9-6-10)18-13-3-1-2-12-11(13)4-7-15-12;/h1-4,7,10,15H,5-6,8-9H2;1H. The minimum atomic E-state index is -0.146. The van der Waals surface area contributed by atoms with Crippen LogP contribution in [0.4, 0.5) is 0 Å². The van der Waals surface area contributed by atoms with Gasteiger partial charge in [0.15, 0.2) is 0 Å². The number of aromatic nitrogens is 1. The topological polar surface area (TPSA) is 51.3 Å². The van der Waals surface area contributed by atoms with E-state index in [4.69, 9.17) is 9.47 Å². The largest absolute Gasteiger partial charge is 0.426 e. The van der Waals surface area contributed by atoms with E-state index in [0.29, 0.717) is 19.0 Å². The molecule has 5 heteroatoms. The molecule has 1 fully saturated rings. The van der Waals surface area contributed by atoms with Gasteiger partial charge in [-0.15, -0.1) is 12.4 Å². The predicted molar refractivity (Wildman–Crippen MR) is 74.7 cm³/mol. The third-order valence-electron chi connectivity index (χ3n) is 3.32. The summed E-state index contributed by atoms with van der Waals surface area (Å²) in [5.41, 5.74) is 0.979. The SMILES string of the molecule is Cl.O=C(Oc1cccc2[nH]ccc12)C1CCOCC1. The molecule has 0 unspecified atom stereocenters. The fourth-order valence-corrected chi connectivity index (χ4v) is 2.27. The molecule has 1 aromatic heterocycles. The van der Waals surface area contributed by atoms with Crippen molar-refractivity contribution < 1.29 is 14.3 Å². The second-order valence-electron chi connectivity index (χ2n) is 4.50. The maximum Gasteiger partial charge on any atom is 0.314 e. The van der Waals surface area contributed by atoms with E-state index in [1.807, 2.05) is 30.5 Å². The molecule has 2 aromatic rings. The van der Waals surface area contributed by atoms with E-state index in [9.17, 15) is 4.79 Å².